The van der Waals surface area contributed by atoms with E-state index in [4.69, 9.17) is 14.6 Å². The predicted molar refractivity (Wildman–Crippen MR) is 180 cm³/mol. The molecule has 0 fully saturated rings. The second kappa shape index (κ2) is 14.7. The molecular weight excluding hydrogens is 656 g/mol. The maximum absolute atomic E-state index is 12.7. The molecule has 0 atom stereocenters. The van der Waals surface area contributed by atoms with Crippen LogP contribution in [0.1, 0.15) is 44.3 Å². The van der Waals surface area contributed by atoms with Crippen LogP contribution in [0.4, 0.5) is 10.8 Å². The molecule has 0 saturated heterocycles. The molecular formula is C34H29BrN4O5S. The Morgan fingerprint density at radius 3 is 2.38 bits per heavy atom. The van der Waals surface area contributed by atoms with E-state index >= 15 is 0 Å². The molecule has 4 aromatic carbocycles. The molecule has 1 aromatic heterocycles. The first-order valence-electron chi connectivity index (χ1n) is 13.9. The summed E-state index contributed by atoms with van der Waals surface area (Å²) in [6.45, 7) is 4.54. The molecule has 0 saturated carbocycles. The highest BCUT2D eigenvalue weighted by molar-refractivity contribution is 9.10. The Labute approximate surface area is 272 Å². The fourth-order valence-corrected chi connectivity index (χ4v) is 5.53. The van der Waals surface area contributed by atoms with Gasteiger partial charge in [0.05, 0.1) is 28.6 Å². The standard InChI is InChI=1S/C34H29BrN4O5S/c1-3-43-30-17-23(16-28(35)31(30)44-19-22-6-8-26(9-7-22)33(41)42)18-36-39-32(40)25-12-10-24(11-13-25)29-20-45-34(38-29)37-27-14-4-21(2)5-15-27/h4-18,20H,3,19H2,1-2H3,(H,37,38)(H,39,40)(H,41,42)/b36-18-. The van der Waals surface area contributed by atoms with E-state index in [1.165, 1.54) is 35.2 Å². The number of benzene rings is 4. The number of rotatable bonds is 12. The number of carbonyl (C=O) groups is 2. The predicted octanol–water partition coefficient (Wildman–Crippen LogP) is 8.06. The lowest BCUT2D eigenvalue weighted by atomic mass is 10.1. The molecule has 5 aromatic rings. The molecule has 0 bridgehead atoms. The van der Waals surface area contributed by atoms with Gasteiger partial charge in [0.25, 0.3) is 5.91 Å². The minimum Gasteiger partial charge on any atom is -0.490 e. The van der Waals surface area contributed by atoms with E-state index in [1.807, 2.05) is 55.6 Å². The molecule has 0 aliphatic carbocycles. The third kappa shape index (κ3) is 8.34. The highest BCUT2D eigenvalue weighted by atomic mass is 79.9. The number of carboxylic acids is 1. The van der Waals surface area contributed by atoms with Crippen molar-refractivity contribution >= 4 is 56.2 Å². The summed E-state index contributed by atoms with van der Waals surface area (Å²) in [4.78, 5) is 28.5. The minimum absolute atomic E-state index is 0.208. The number of carboxylic acid groups (broad SMARTS) is 1. The molecule has 0 spiro atoms. The van der Waals surface area contributed by atoms with Crippen molar-refractivity contribution in [2.75, 3.05) is 11.9 Å². The summed E-state index contributed by atoms with van der Waals surface area (Å²) < 4.78 is 12.4. The van der Waals surface area contributed by atoms with Gasteiger partial charge in [0.1, 0.15) is 6.61 Å². The van der Waals surface area contributed by atoms with E-state index < -0.39 is 5.97 Å². The van der Waals surface area contributed by atoms with E-state index in [1.54, 1.807) is 36.4 Å². The van der Waals surface area contributed by atoms with Gasteiger partial charge in [0.15, 0.2) is 16.6 Å². The number of hydrazone groups is 1. The number of nitrogens with zero attached hydrogens (tertiary/aromatic N) is 2. The second-order valence-corrected chi connectivity index (χ2v) is 11.6. The van der Waals surface area contributed by atoms with Crippen molar-refractivity contribution in [3.63, 3.8) is 0 Å². The zero-order chi connectivity index (χ0) is 31.8. The topological polar surface area (TPSA) is 122 Å². The summed E-state index contributed by atoms with van der Waals surface area (Å²) in [5.41, 5.74) is 8.60. The number of aromatic nitrogens is 1. The number of thiazole rings is 1. The van der Waals surface area contributed by atoms with Crippen LogP contribution in [-0.4, -0.2) is 34.8 Å². The van der Waals surface area contributed by atoms with Crippen molar-refractivity contribution in [3.05, 3.63) is 123 Å². The maximum Gasteiger partial charge on any atom is 0.335 e. The Morgan fingerprint density at radius 1 is 0.978 bits per heavy atom. The van der Waals surface area contributed by atoms with Gasteiger partial charge >= 0.3 is 5.97 Å². The summed E-state index contributed by atoms with van der Waals surface area (Å²) in [5, 5.41) is 19.3. The number of hydrogen-bond donors (Lipinski definition) is 3. The summed E-state index contributed by atoms with van der Waals surface area (Å²) in [7, 11) is 0. The molecule has 5 rings (SSSR count). The number of aryl methyl sites for hydroxylation is 1. The van der Waals surface area contributed by atoms with Crippen LogP contribution < -0.4 is 20.2 Å². The van der Waals surface area contributed by atoms with Crippen LogP contribution in [0.25, 0.3) is 11.3 Å². The number of aromatic carboxylic acids is 1. The smallest absolute Gasteiger partial charge is 0.335 e. The largest absolute Gasteiger partial charge is 0.490 e. The van der Waals surface area contributed by atoms with Gasteiger partial charge in [-0.1, -0.05) is 42.0 Å². The van der Waals surface area contributed by atoms with Crippen molar-refractivity contribution in [3.8, 4) is 22.8 Å². The van der Waals surface area contributed by atoms with Gasteiger partial charge < -0.3 is 19.9 Å². The Kier molecular flexibility index (Phi) is 10.2. The summed E-state index contributed by atoms with van der Waals surface area (Å²) in [6.07, 6.45) is 1.52. The second-order valence-electron chi connectivity index (χ2n) is 9.86. The van der Waals surface area contributed by atoms with Crippen LogP contribution in [0.2, 0.25) is 0 Å². The number of ether oxygens (including phenoxy) is 2. The highest BCUT2D eigenvalue weighted by Crippen LogP contribution is 2.37. The third-order valence-corrected chi connectivity index (χ3v) is 7.89. The quantitative estimate of drug-likeness (QED) is 0.0897. The molecule has 9 nitrogen and oxygen atoms in total. The number of halogens is 1. The van der Waals surface area contributed by atoms with Crippen LogP contribution in [0.15, 0.2) is 99.9 Å². The normalized spacial score (nSPS) is 10.9. The molecule has 0 aliphatic heterocycles. The third-order valence-electron chi connectivity index (χ3n) is 6.55. The fourth-order valence-electron chi connectivity index (χ4n) is 4.21. The lowest BCUT2D eigenvalue weighted by molar-refractivity contribution is 0.0696. The Hall–Kier alpha value is -5.00. The van der Waals surface area contributed by atoms with Crippen molar-refractivity contribution in [2.24, 2.45) is 5.10 Å². The van der Waals surface area contributed by atoms with Gasteiger partial charge in [0, 0.05) is 22.2 Å². The molecule has 1 amide bonds. The van der Waals surface area contributed by atoms with Crippen molar-refractivity contribution < 1.29 is 24.2 Å². The summed E-state index contributed by atoms with van der Waals surface area (Å²) in [5.74, 6) is -0.339. The van der Waals surface area contributed by atoms with Crippen LogP contribution in [0.3, 0.4) is 0 Å². The number of hydrogen-bond acceptors (Lipinski definition) is 8. The molecule has 0 unspecified atom stereocenters. The van der Waals surface area contributed by atoms with E-state index in [0.717, 1.165) is 27.6 Å². The molecule has 0 radical (unpaired) electrons. The average Bonchev–Trinajstić information content (AvgIpc) is 3.50. The lowest BCUT2D eigenvalue weighted by Crippen LogP contribution is -2.17. The molecule has 11 heteroatoms. The average molecular weight is 686 g/mol. The van der Waals surface area contributed by atoms with E-state index in [9.17, 15) is 9.59 Å². The van der Waals surface area contributed by atoms with Crippen LogP contribution in [-0.2, 0) is 6.61 Å². The lowest BCUT2D eigenvalue weighted by Gasteiger charge is -2.15. The van der Waals surface area contributed by atoms with Crippen molar-refractivity contribution in [2.45, 2.75) is 20.5 Å². The zero-order valence-corrected chi connectivity index (χ0v) is 26.8. The summed E-state index contributed by atoms with van der Waals surface area (Å²) in [6, 6.07) is 25.3. The SMILES string of the molecule is CCOc1cc(/C=N\NC(=O)c2ccc(-c3csc(Nc4ccc(C)cc4)n3)cc2)cc(Br)c1OCc1ccc(C(=O)O)cc1. The van der Waals surface area contributed by atoms with Crippen LogP contribution in [0.5, 0.6) is 11.5 Å². The monoisotopic (exact) mass is 684 g/mol. The van der Waals surface area contributed by atoms with Gasteiger partial charge in [-0.25, -0.2) is 15.2 Å². The molecule has 3 N–H and O–H groups in total. The van der Waals surface area contributed by atoms with E-state index in [2.05, 4.69) is 36.8 Å². The molecule has 228 valence electrons. The molecule has 45 heavy (non-hydrogen) atoms. The number of nitrogens with one attached hydrogen (secondary N) is 2. The van der Waals surface area contributed by atoms with Gasteiger partial charge in [-0.05, 0) is 89.4 Å². The zero-order valence-electron chi connectivity index (χ0n) is 24.4. The van der Waals surface area contributed by atoms with Gasteiger partial charge in [-0.15, -0.1) is 11.3 Å². The summed E-state index contributed by atoms with van der Waals surface area (Å²) >= 11 is 5.05. The molecule has 0 aliphatic rings. The van der Waals surface area contributed by atoms with Gasteiger partial charge in [-0.2, -0.15) is 5.10 Å². The number of carbonyl (C=O) groups excluding carboxylic acids is 1. The van der Waals surface area contributed by atoms with Crippen molar-refractivity contribution in [1.29, 1.82) is 0 Å². The Morgan fingerprint density at radius 2 is 1.69 bits per heavy atom. The van der Waals surface area contributed by atoms with Gasteiger partial charge in [-0.3, -0.25) is 4.79 Å². The van der Waals surface area contributed by atoms with Crippen LogP contribution in [0, 0.1) is 6.92 Å². The maximum atomic E-state index is 12.7. The van der Waals surface area contributed by atoms with E-state index in [0.29, 0.717) is 33.7 Å². The van der Waals surface area contributed by atoms with Crippen LogP contribution >= 0.6 is 27.3 Å². The first-order chi connectivity index (χ1) is 21.8. The molecule has 1 heterocycles. The number of amides is 1. The minimum atomic E-state index is -0.983. The first-order valence-corrected chi connectivity index (χ1v) is 15.6. The number of anilines is 2. The van der Waals surface area contributed by atoms with Crippen molar-refractivity contribution in [1.82, 2.24) is 10.4 Å². The first kappa shape index (κ1) is 31.4. The fraction of sp³-hybridized carbons (Fsp3) is 0.118. The highest BCUT2D eigenvalue weighted by Gasteiger charge is 2.13. The Bertz CT molecular complexity index is 1820. The Balaban J connectivity index is 1.19. The van der Waals surface area contributed by atoms with E-state index in [-0.39, 0.29) is 18.1 Å². The van der Waals surface area contributed by atoms with Gasteiger partial charge in [0.2, 0.25) is 0 Å².